The zero-order valence-electron chi connectivity index (χ0n) is 16.2. The standard InChI is InChI=1S/C19H28N6O.ClH/c1-14(2)17(19(26)24-11-9-15(10-12-24)13-20-3)25-22-18(21-23-25)16-7-5-4-6-8-16;/h4-8,14-15,17,20H,9-13H2,1-3H3;1H. The Morgan fingerprint density at radius 3 is 2.48 bits per heavy atom. The molecule has 0 radical (unpaired) electrons. The van der Waals surface area contributed by atoms with Crippen LogP contribution in [0.1, 0.15) is 32.7 Å². The average molecular weight is 393 g/mol. The van der Waals surface area contributed by atoms with Gasteiger partial charge in [-0.3, -0.25) is 4.79 Å². The summed E-state index contributed by atoms with van der Waals surface area (Å²) in [6.45, 7) is 6.67. The molecule has 1 unspecified atom stereocenters. The van der Waals surface area contributed by atoms with Gasteiger partial charge in [-0.25, -0.2) is 0 Å². The molecule has 2 heterocycles. The first-order chi connectivity index (χ1) is 12.6. The summed E-state index contributed by atoms with van der Waals surface area (Å²) >= 11 is 0. The van der Waals surface area contributed by atoms with Gasteiger partial charge in [0.25, 0.3) is 0 Å². The summed E-state index contributed by atoms with van der Waals surface area (Å²) in [5.74, 6) is 1.39. The number of tetrazole rings is 1. The fraction of sp³-hybridized carbons (Fsp3) is 0.579. The largest absolute Gasteiger partial charge is 0.341 e. The van der Waals surface area contributed by atoms with Gasteiger partial charge < -0.3 is 10.2 Å². The van der Waals surface area contributed by atoms with Crippen LogP contribution in [0.3, 0.4) is 0 Å². The first-order valence-corrected chi connectivity index (χ1v) is 9.38. The van der Waals surface area contributed by atoms with Gasteiger partial charge >= 0.3 is 0 Å². The fourth-order valence-corrected chi connectivity index (χ4v) is 3.53. The molecular weight excluding hydrogens is 364 g/mol. The molecule has 1 saturated heterocycles. The van der Waals surface area contributed by atoms with E-state index >= 15 is 0 Å². The molecule has 0 bridgehead atoms. The van der Waals surface area contributed by atoms with Crippen LogP contribution in [0, 0.1) is 11.8 Å². The SMILES string of the molecule is CNCC1CCN(C(=O)C(C(C)C)n2nnc(-c3ccccc3)n2)CC1.Cl. The number of amides is 1. The highest BCUT2D eigenvalue weighted by Gasteiger charge is 2.33. The van der Waals surface area contributed by atoms with E-state index in [2.05, 4.69) is 20.7 Å². The molecule has 148 valence electrons. The number of hydrogen-bond acceptors (Lipinski definition) is 5. The third-order valence-electron chi connectivity index (χ3n) is 5.01. The Kier molecular flexibility index (Phi) is 7.74. The summed E-state index contributed by atoms with van der Waals surface area (Å²) in [6, 6.07) is 9.31. The van der Waals surface area contributed by atoms with Crippen LogP contribution in [0.25, 0.3) is 11.4 Å². The molecule has 0 spiro atoms. The topological polar surface area (TPSA) is 75.9 Å². The number of hydrogen-bond donors (Lipinski definition) is 1. The van der Waals surface area contributed by atoms with Crippen molar-refractivity contribution in [1.82, 2.24) is 30.4 Å². The predicted octanol–water partition coefficient (Wildman–Crippen LogP) is 2.42. The van der Waals surface area contributed by atoms with E-state index in [1.807, 2.05) is 56.1 Å². The van der Waals surface area contributed by atoms with Gasteiger partial charge in [-0.2, -0.15) is 4.80 Å². The Labute approximate surface area is 166 Å². The summed E-state index contributed by atoms with van der Waals surface area (Å²) in [7, 11) is 1.98. The minimum atomic E-state index is -0.416. The van der Waals surface area contributed by atoms with Gasteiger partial charge in [-0.15, -0.1) is 22.6 Å². The maximum Gasteiger partial charge on any atom is 0.249 e. The van der Waals surface area contributed by atoms with E-state index in [0.717, 1.165) is 38.0 Å². The van der Waals surface area contributed by atoms with E-state index in [1.165, 1.54) is 4.80 Å². The van der Waals surface area contributed by atoms with Crippen LogP contribution in [-0.2, 0) is 4.79 Å². The maximum absolute atomic E-state index is 13.1. The van der Waals surface area contributed by atoms with Gasteiger partial charge in [0.05, 0.1) is 0 Å². The minimum absolute atomic E-state index is 0. The molecule has 2 aromatic rings. The van der Waals surface area contributed by atoms with Gasteiger partial charge in [-0.1, -0.05) is 44.2 Å². The van der Waals surface area contributed by atoms with Crippen LogP contribution in [-0.4, -0.2) is 57.7 Å². The molecule has 1 aliphatic rings. The van der Waals surface area contributed by atoms with Crippen molar-refractivity contribution in [3.8, 4) is 11.4 Å². The summed E-state index contributed by atoms with van der Waals surface area (Å²) in [6.07, 6.45) is 2.08. The zero-order chi connectivity index (χ0) is 18.5. The number of benzene rings is 1. The predicted molar refractivity (Wildman–Crippen MR) is 108 cm³/mol. The monoisotopic (exact) mass is 392 g/mol. The summed E-state index contributed by atoms with van der Waals surface area (Å²) in [5.41, 5.74) is 0.904. The molecule has 1 aromatic heterocycles. The van der Waals surface area contributed by atoms with Crippen LogP contribution in [0.2, 0.25) is 0 Å². The summed E-state index contributed by atoms with van der Waals surface area (Å²) in [4.78, 5) is 16.6. The van der Waals surface area contributed by atoms with Crippen LogP contribution in [0.5, 0.6) is 0 Å². The third kappa shape index (κ3) is 5.05. The first kappa shape index (κ1) is 21.3. The smallest absolute Gasteiger partial charge is 0.249 e. The second-order valence-electron chi connectivity index (χ2n) is 7.31. The van der Waals surface area contributed by atoms with Gasteiger partial charge in [0.1, 0.15) is 0 Å². The lowest BCUT2D eigenvalue weighted by atomic mass is 9.95. The van der Waals surface area contributed by atoms with E-state index in [1.54, 1.807) is 0 Å². The molecule has 8 heteroatoms. The van der Waals surface area contributed by atoms with E-state index < -0.39 is 6.04 Å². The minimum Gasteiger partial charge on any atom is -0.341 e. The number of carbonyl (C=O) groups excluding carboxylic acids is 1. The lowest BCUT2D eigenvalue weighted by Crippen LogP contribution is -2.45. The maximum atomic E-state index is 13.1. The van der Waals surface area contributed by atoms with Gasteiger partial charge in [-0.05, 0) is 43.5 Å². The van der Waals surface area contributed by atoms with Crippen LogP contribution in [0.15, 0.2) is 30.3 Å². The van der Waals surface area contributed by atoms with Crippen LogP contribution < -0.4 is 5.32 Å². The Hall–Kier alpha value is -1.99. The van der Waals surface area contributed by atoms with Crippen molar-refractivity contribution in [2.24, 2.45) is 11.8 Å². The third-order valence-corrected chi connectivity index (χ3v) is 5.01. The Bertz CT molecular complexity index is 712. The molecule has 1 N–H and O–H groups in total. The molecule has 7 nitrogen and oxygen atoms in total. The van der Waals surface area contributed by atoms with Crippen molar-refractivity contribution in [1.29, 1.82) is 0 Å². The van der Waals surface area contributed by atoms with E-state index in [9.17, 15) is 4.79 Å². The molecule has 27 heavy (non-hydrogen) atoms. The number of aromatic nitrogens is 4. The van der Waals surface area contributed by atoms with E-state index in [-0.39, 0.29) is 24.2 Å². The molecule has 1 fully saturated rings. The van der Waals surface area contributed by atoms with Gasteiger partial charge in [0, 0.05) is 18.7 Å². The Morgan fingerprint density at radius 1 is 1.22 bits per heavy atom. The van der Waals surface area contributed by atoms with Gasteiger partial charge in [0.15, 0.2) is 6.04 Å². The quantitative estimate of drug-likeness (QED) is 0.816. The van der Waals surface area contributed by atoms with Crippen LogP contribution >= 0.6 is 12.4 Å². The van der Waals surface area contributed by atoms with Crippen molar-refractivity contribution in [2.75, 3.05) is 26.7 Å². The summed E-state index contributed by atoms with van der Waals surface area (Å²) < 4.78 is 0. The van der Waals surface area contributed by atoms with Crippen molar-refractivity contribution in [3.63, 3.8) is 0 Å². The Balaban J connectivity index is 0.00000261. The zero-order valence-corrected chi connectivity index (χ0v) is 17.0. The molecule has 1 amide bonds. The number of nitrogens with one attached hydrogen (secondary N) is 1. The molecule has 0 saturated carbocycles. The first-order valence-electron chi connectivity index (χ1n) is 9.38. The van der Waals surface area contributed by atoms with Crippen molar-refractivity contribution in [3.05, 3.63) is 30.3 Å². The van der Waals surface area contributed by atoms with Gasteiger partial charge in [0.2, 0.25) is 11.7 Å². The number of piperidine rings is 1. The fourth-order valence-electron chi connectivity index (χ4n) is 3.53. The molecule has 1 aromatic carbocycles. The number of likely N-dealkylation sites (tertiary alicyclic amines) is 1. The number of rotatable bonds is 6. The van der Waals surface area contributed by atoms with Crippen molar-refractivity contribution < 1.29 is 4.79 Å². The molecule has 0 aliphatic carbocycles. The van der Waals surface area contributed by atoms with Crippen molar-refractivity contribution in [2.45, 2.75) is 32.7 Å². The normalized spacial score (nSPS) is 16.2. The second kappa shape index (κ2) is 9.80. The number of nitrogens with zero attached hydrogens (tertiary/aromatic N) is 5. The van der Waals surface area contributed by atoms with Crippen LogP contribution in [0.4, 0.5) is 0 Å². The molecule has 1 atom stereocenters. The highest BCUT2D eigenvalue weighted by Crippen LogP contribution is 2.24. The molecular formula is C19H29ClN6O. The van der Waals surface area contributed by atoms with E-state index in [4.69, 9.17) is 0 Å². The van der Waals surface area contributed by atoms with Crippen molar-refractivity contribution >= 4 is 18.3 Å². The number of carbonyl (C=O) groups is 1. The highest BCUT2D eigenvalue weighted by atomic mass is 35.5. The lowest BCUT2D eigenvalue weighted by Gasteiger charge is -2.34. The highest BCUT2D eigenvalue weighted by molar-refractivity contribution is 5.85. The average Bonchev–Trinajstić information content (AvgIpc) is 3.12. The number of halogens is 1. The lowest BCUT2D eigenvalue weighted by molar-refractivity contribution is -0.138. The Morgan fingerprint density at radius 2 is 1.89 bits per heavy atom. The molecule has 3 rings (SSSR count). The molecule has 1 aliphatic heterocycles. The second-order valence-corrected chi connectivity index (χ2v) is 7.31. The van der Waals surface area contributed by atoms with E-state index in [0.29, 0.717) is 11.7 Å². The summed E-state index contributed by atoms with van der Waals surface area (Å²) in [5, 5.41) is 16.1.